The van der Waals surface area contributed by atoms with E-state index < -0.39 is 5.69 Å². The van der Waals surface area contributed by atoms with Crippen LogP contribution in [0.5, 0.6) is 0 Å². The summed E-state index contributed by atoms with van der Waals surface area (Å²) < 4.78 is 4.14. The largest absolute Gasteiger partial charge is 0.353 e. The van der Waals surface area contributed by atoms with Gasteiger partial charge >= 0.3 is 5.69 Å². The predicted octanol–water partition coefficient (Wildman–Crippen LogP) is 2.55. The van der Waals surface area contributed by atoms with E-state index in [4.69, 9.17) is 0 Å². The second kappa shape index (κ2) is 9.91. The number of rotatable bonds is 8. The standard InChI is InChI=1S/C26H29N5O3/c1-18(22(19-11-6-4-7-12-19)20-13-8-5-9-14-20)28-21(32)15-10-16-31-17-27-24-23(31)25(33)30(3)26(34)29(24)2/h4-9,11-14,17-18,22H,10,15-16H2,1-3H3,(H,28,32). The van der Waals surface area contributed by atoms with Crippen LogP contribution in [-0.2, 0) is 25.4 Å². The predicted molar refractivity (Wildman–Crippen MR) is 132 cm³/mol. The summed E-state index contributed by atoms with van der Waals surface area (Å²) in [5.41, 5.74) is 2.21. The lowest BCUT2D eigenvalue weighted by Gasteiger charge is -2.26. The molecule has 0 aliphatic heterocycles. The van der Waals surface area contributed by atoms with E-state index >= 15 is 0 Å². The molecule has 2 aromatic heterocycles. The van der Waals surface area contributed by atoms with Crippen molar-refractivity contribution in [1.82, 2.24) is 24.0 Å². The Kier molecular flexibility index (Phi) is 6.77. The van der Waals surface area contributed by atoms with Crippen molar-refractivity contribution in [2.24, 2.45) is 14.1 Å². The summed E-state index contributed by atoms with van der Waals surface area (Å²) in [6, 6.07) is 20.2. The van der Waals surface area contributed by atoms with Gasteiger partial charge in [0.1, 0.15) is 0 Å². The number of hydrogen-bond donors (Lipinski definition) is 1. The molecule has 8 heteroatoms. The Hall–Kier alpha value is -3.94. The van der Waals surface area contributed by atoms with Crippen LogP contribution < -0.4 is 16.6 Å². The molecule has 0 radical (unpaired) electrons. The smallest absolute Gasteiger partial charge is 0.332 e. The normalized spacial score (nSPS) is 12.2. The molecule has 2 aromatic carbocycles. The van der Waals surface area contributed by atoms with Crippen LogP contribution in [0.25, 0.3) is 11.2 Å². The van der Waals surface area contributed by atoms with Crippen LogP contribution in [0, 0.1) is 0 Å². The van der Waals surface area contributed by atoms with E-state index in [1.54, 1.807) is 17.9 Å². The number of aromatic nitrogens is 4. The van der Waals surface area contributed by atoms with Gasteiger partial charge in [0.25, 0.3) is 5.56 Å². The first-order chi connectivity index (χ1) is 16.4. The van der Waals surface area contributed by atoms with E-state index in [0.717, 1.165) is 15.7 Å². The third kappa shape index (κ3) is 4.57. The number of aryl methyl sites for hydroxylation is 2. The molecule has 176 valence electrons. The number of nitrogens with one attached hydrogen (secondary N) is 1. The zero-order valence-corrected chi connectivity index (χ0v) is 19.6. The minimum atomic E-state index is -0.414. The lowest BCUT2D eigenvalue weighted by atomic mass is 9.86. The van der Waals surface area contributed by atoms with Crippen molar-refractivity contribution >= 4 is 17.1 Å². The van der Waals surface area contributed by atoms with Crippen LogP contribution in [0.1, 0.15) is 36.8 Å². The van der Waals surface area contributed by atoms with Crippen molar-refractivity contribution in [2.75, 3.05) is 0 Å². The van der Waals surface area contributed by atoms with E-state index in [2.05, 4.69) is 34.6 Å². The van der Waals surface area contributed by atoms with E-state index in [0.29, 0.717) is 30.6 Å². The average Bonchev–Trinajstić information content (AvgIpc) is 3.27. The van der Waals surface area contributed by atoms with Gasteiger partial charge in [0.15, 0.2) is 11.2 Å². The number of hydrogen-bond acceptors (Lipinski definition) is 4. The molecule has 0 aliphatic carbocycles. The second-order valence-corrected chi connectivity index (χ2v) is 8.57. The summed E-state index contributed by atoms with van der Waals surface area (Å²) in [7, 11) is 3.04. The van der Waals surface area contributed by atoms with Crippen molar-refractivity contribution in [3.05, 3.63) is 99.0 Å². The highest BCUT2D eigenvalue weighted by molar-refractivity contribution is 5.76. The van der Waals surface area contributed by atoms with Crippen LogP contribution in [0.15, 0.2) is 76.6 Å². The summed E-state index contributed by atoms with van der Waals surface area (Å²) in [6.07, 6.45) is 2.40. The molecular weight excluding hydrogens is 430 g/mol. The lowest BCUT2D eigenvalue weighted by Crippen LogP contribution is -2.38. The maximum Gasteiger partial charge on any atom is 0.332 e. The first kappa shape index (κ1) is 23.2. The molecular formula is C26H29N5O3. The monoisotopic (exact) mass is 459 g/mol. The SMILES string of the molecule is CC(NC(=O)CCCn1cnc2c1c(=O)n(C)c(=O)n2C)C(c1ccccc1)c1ccccc1. The van der Waals surface area contributed by atoms with E-state index in [9.17, 15) is 14.4 Å². The van der Waals surface area contributed by atoms with Gasteiger partial charge in [0, 0.05) is 39.0 Å². The maximum absolute atomic E-state index is 12.8. The molecule has 0 saturated carbocycles. The fourth-order valence-electron chi connectivity index (χ4n) is 4.48. The molecule has 0 bridgehead atoms. The van der Waals surface area contributed by atoms with Crippen LogP contribution in [0.2, 0.25) is 0 Å². The molecule has 2 heterocycles. The van der Waals surface area contributed by atoms with Crippen LogP contribution in [-0.4, -0.2) is 30.6 Å². The molecule has 0 aliphatic rings. The molecule has 1 atom stereocenters. The highest BCUT2D eigenvalue weighted by Gasteiger charge is 2.22. The Morgan fingerprint density at radius 2 is 1.53 bits per heavy atom. The maximum atomic E-state index is 12.8. The summed E-state index contributed by atoms with van der Waals surface area (Å²) in [5.74, 6) is -0.0117. The van der Waals surface area contributed by atoms with Crippen molar-refractivity contribution < 1.29 is 4.79 Å². The fraction of sp³-hybridized carbons (Fsp3) is 0.308. The van der Waals surface area contributed by atoms with Gasteiger partial charge in [-0.15, -0.1) is 0 Å². The van der Waals surface area contributed by atoms with Gasteiger partial charge in [-0.1, -0.05) is 60.7 Å². The van der Waals surface area contributed by atoms with Gasteiger partial charge in [0.05, 0.1) is 6.33 Å². The number of imidazole rings is 1. The van der Waals surface area contributed by atoms with E-state index in [1.165, 1.54) is 11.6 Å². The summed E-state index contributed by atoms with van der Waals surface area (Å²) in [6.45, 7) is 2.47. The number of carbonyl (C=O) groups is 1. The number of nitrogens with zero attached hydrogens (tertiary/aromatic N) is 4. The quantitative estimate of drug-likeness (QED) is 0.438. The first-order valence-electron chi connectivity index (χ1n) is 11.4. The Labute approximate surface area is 197 Å². The molecule has 1 N–H and O–H groups in total. The van der Waals surface area contributed by atoms with Gasteiger partial charge in [-0.3, -0.25) is 18.7 Å². The molecule has 1 unspecified atom stereocenters. The summed E-state index contributed by atoms with van der Waals surface area (Å²) in [5, 5.41) is 3.16. The van der Waals surface area contributed by atoms with Gasteiger partial charge < -0.3 is 9.88 Å². The number of amides is 1. The molecule has 0 spiro atoms. The second-order valence-electron chi connectivity index (χ2n) is 8.57. The molecule has 0 saturated heterocycles. The molecule has 0 fully saturated rings. The third-order valence-corrected chi connectivity index (χ3v) is 6.23. The minimum Gasteiger partial charge on any atom is -0.353 e. The van der Waals surface area contributed by atoms with Crippen LogP contribution in [0.3, 0.4) is 0 Å². The van der Waals surface area contributed by atoms with Crippen LogP contribution >= 0.6 is 0 Å². The van der Waals surface area contributed by atoms with Gasteiger partial charge in [0.2, 0.25) is 5.91 Å². The van der Waals surface area contributed by atoms with Crippen molar-refractivity contribution in [1.29, 1.82) is 0 Å². The molecule has 8 nitrogen and oxygen atoms in total. The van der Waals surface area contributed by atoms with Crippen molar-refractivity contribution in [3.8, 4) is 0 Å². The highest BCUT2D eigenvalue weighted by atomic mass is 16.2. The van der Waals surface area contributed by atoms with E-state index in [-0.39, 0.29) is 23.4 Å². The van der Waals surface area contributed by atoms with Gasteiger partial charge in [-0.2, -0.15) is 0 Å². The molecule has 34 heavy (non-hydrogen) atoms. The first-order valence-corrected chi connectivity index (χ1v) is 11.4. The summed E-state index contributed by atoms with van der Waals surface area (Å²) >= 11 is 0. The minimum absolute atomic E-state index is 0.0354. The average molecular weight is 460 g/mol. The Morgan fingerprint density at radius 3 is 2.12 bits per heavy atom. The summed E-state index contributed by atoms with van der Waals surface area (Å²) in [4.78, 5) is 41.7. The Balaban J connectivity index is 1.44. The number of fused-ring (bicyclic) bond motifs is 1. The Morgan fingerprint density at radius 1 is 0.941 bits per heavy atom. The molecule has 1 amide bonds. The number of benzene rings is 2. The Bertz CT molecular complexity index is 1360. The van der Waals surface area contributed by atoms with Crippen molar-refractivity contribution in [2.45, 2.75) is 38.3 Å². The third-order valence-electron chi connectivity index (χ3n) is 6.23. The van der Waals surface area contributed by atoms with Gasteiger partial charge in [-0.05, 0) is 24.5 Å². The molecule has 4 rings (SSSR count). The zero-order chi connectivity index (χ0) is 24.2. The fourth-order valence-corrected chi connectivity index (χ4v) is 4.48. The topological polar surface area (TPSA) is 90.9 Å². The lowest BCUT2D eigenvalue weighted by molar-refractivity contribution is -0.121. The molecule has 4 aromatic rings. The van der Waals surface area contributed by atoms with Crippen LogP contribution in [0.4, 0.5) is 0 Å². The van der Waals surface area contributed by atoms with E-state index in [1.807, 2.05) is 43.3 Å². The zero-order valence-electron chi connectivity index (χ0n) is 19.6. The van der Waals surface area contributed by atoms with Crippen molar-refractivity contribution in [3.63, 3.8) is 0 Å². The number of carbonyl (C=O) groups excluding carboxylic acids is 1. The van der Waals surface area contributed by atoms with Gasteiger partial charge in [-0.25, -0.2) is 9.78 Å². The highest BCUT2D eigenvalue weighted by Crippen LogP contribution is 2.28.